The van der Waals surface area contributed by atoms with E-state index in [9.17, 15) is 9.59 Å². The molecule has 1 saturated heterocycles. The number of carbonyl (C=O) groups is 2. The molecule has 2 aliphatic carbocycles. The normalized spacial score (nSPS) is 32.8. The molecule has 3 fully saturated rings. The zero-order valence-corrected chi connectivity index (χ0v) is 18.4. The number of amidine groups is 1. The molecule has 8 heteroatoms. The van der Waals surface area contributed by atoms with Crippen LogP contribution in [0.3, 0.4) is 0 Å². The van der Waals surface area contributed by atoms with Gasteiger partial charge in [-0.1, -0.05) is 44.1 Å². The molecule has 0 radical (unpaired) electrons. The van der Waals surface area contributed by atoms with Crippen molar-refractivity contribution < 1.29 is 9.59 Å². The van der Waals surface area contributed by atoms with Gasteiger partial charge in [0, 0.05) is 28.3 Å². The average molecular weight is 433 g/mol. The molecule has 1 aromatic rings. The molecular formula is C21H25ClN4O2S. The van der Waals surface area contributed by atoms with Crippen LogP contribution in [0.4, 0.5) is 5.69 Å². The summed E-state index contributed by atoms with van der Waals surface area (Å²) < 4.78 is 0. The average Bonchev–Trinajstić information content (AvgIpc) is 3.18. The van der Waals surface area contributed by atoms with Crippen molar-refractivity contribution >= 4 is 51.7 Å². The Hall–Kier alpha value is -1.86. The minimum absolute atomic E-state index is 0.0710. The molecule has 1 aliphatic heterocycles. The third-order valence-electron chi connectivity index (χ3n) is 7.05. The second-order valence-electron chi connectivity index (χ2n) is 8.80. The number of benzene rings is 1. The second-order valence-corrected chi connectivity index (χ2v) is 10.4. The number of amides is 2. The first-order valence-corrected chi connectivity index (χ1v) is 11.1. The molecule has 4 rings (SSSR count). The van der Waals surface area contributed by atoms with Crippen molar-refractivity contribution in [3.05, 3.63) is 29.3 Å². The number of halogens is 1. The van der Waals surface area contributed by atoms with Crippen LogP contribution in [0.25, 0.3) is 0 Å². The highest BCUT2D eigenvalue weighted by Gasteiger charge is 2.60. The highest BCUT2D eigenvalue weighted by molar-refractivity contribution is 8.15. The maximum atomic E-state index is 12.3. The fourth-order valence-electron chi connectivity index (χ4n) is 4.69. The summed E-state index contributed by atoms with van der Waals surface area (Å²) in [6.07, 6.45) is 3.43. The quantitative estimate of drug-likeness (QED) is 0.689. The van der Waals surface area contributed by atoms with Gasteiger partial charge in [-0.3, -0.25) is 9.59 Å². The van der Waals surface area contributed by atoms with Crippen LogP contribution in [-0.4, -0.2) is 27.9 Å². The molecule has 3 atom stereocenters. The SMILES string of the molecule is CC12CCC(C/C1=N\N=C1/NC(=O)C(CC(=O)Nc3ccc(Cl)cc3)S1)C2(C)C. The van der Waals surface area contributed by atoms with Crippen LogP contribution in [-0.2, 0) is 9.59 Å². The summed E-state index contributed by atoms with van der Waals surface area (Å²) >= 11 is 7.11. The Bertz CT molecular complexity index is 912. The van der Waals surface area contributed by atoms with E-state index < -0.39 is 5.25 Å². The van der Waals surface area contributed by atoms with E-state index in [0.29, 0.717) is 21.8 Å². The third-order valence-corrected chi connectivity index (χ3v) is 8.37. The van der Waals surface area contributed by atoms with Gasteiger partial charge < -0.3 is 10.6 Å². The molecule has 29 heavy (non-hydrogen) atoms. The number of rotatable bonds is 4. The zero-order chi connectivity index (χ0) is 20.8. The number of hydrogen-bond acceptors (Lipinski definition) is 5. The van der Waals surface area contributed by atoms with Crippen molar-refractivity contribution in [3.63, 3.8) is 0 Å². The highest BCUT2D eigenvalue weighted by Crippen LogP contribution is 2.64. The van der Waals surface area contributed by atoms with Gasteiger partial charge in [0.05, 0.1) is 0 Å². The Morgan fingerprint density at radius 1 is 1.28 bits per heavy atom. The number of nitrogens with one attached hydrogen (secondary N) is 2. The monoisotopic (exact) mass is 432 g/mol. The van der Waals surface area contributed by atoms with Gasteiger partial charge in [-0.2, -0.15) is 5.10 Å². The maximum Gasteiger partial charge on any atom is 0.240 e. The highest BCUT2D eigenvalue weighted by atomic mass is 35.5. The Kier molecular flexibility index (Phi) is 5.23. The minimum Gasteiger partial charge on any atom is -0.326 e. The predicted molar refractivity (Wildman–Crippen MR) is 118 cm³/mol. The van der Waals surface area contributed by atoms with Gasteiger partial charge in [0.2, 0.25) is 11.8 Å². The molecule has 1 heterocycles. The summed E-state index contributed by atoms with van der Waals surface area (Å²) in [5, 5.41) is 15.0. The van der Waals surface area contributed by atoms with Crippen molar-refractivity contribution in [2.75, 3.05) is 5.32 Å². The number of anilines is 1. The standard InChI is InChI=1S/C21H25ClN4O2S/c1-20(2)12-8-9-21(20,3)16(10-12)25-26-19-24-18(28)15(29-19)11-17(27)23-14-6-4-13(22)5-7-14/h4-7,12,15H,8-11H2,1-3H3,(H,23,27)(H,24,26,28)/b25-16+. The molecule has 0 spiro atoms. The van der Waals surface area contributed by atoms with Crippen molar-refractivity contribution in [3.8, 4) is 0 Å². The van der Waals surface area contributed by atoms with E-state index in [1.165, 1.54) is 18.2 Å². The number of thioether (sulfide) groups is 1. The van der Waals surface area contributed by atoms with Gasteiger partial charge in [-0.25, -0.2) is 0 Å². The van der Waals surface area contributed by atoms with Crippen LogP contribution in [0.15, 0.2) is 34.5 Å². The van der Waals surface area contributed by atoms with E-state index in [-0.39, 0.29) is 29.1 Å². The molecule has 2 saturated carbocycles. The molecule has 3 unspecified atom stereocenters. The fraction of sp³-hybridized carbons (Fsp3) is 0.524. The summed E-state index contributed by atoms with van der Waals surface area (Å²) in [6.45, 7) is 6.92. The summed E-state index contributed by atoms with van der Waals surface area (Å²) in [6, 6.07) is 6.86. The lowest BCUT2D eigenvalue weighted by molar-refractivity contribution is -0.122. The fourth-order valence-corrected chi connectivity index (χ4v) is 5.73. The molecule has 1 aromatic carbocycles. The van der Waals surface area contributed by atoms with Crippen molar-refractivity contribution in [1.82, 2.24) is 5.32 Å². The first-order valence-electron chi connectivity index (χ1n) is 9.87. The van der Waals surface area contributed by atoms with Gasteiger partial charge in [0.15, 0.2) is 5.17 Å². The van der Waals surface area contributed by atoms with Gasteiger partial charge in [0.1, 0.15) is 5.25 Å². The van der Waals surface area contributed by atoms with Crippen LogP contribution < -0.4 is 10.6 Å². The molecule has 2 bridgehead atoms. The van der Waals surface area contributed by atoms with Crippen molar-refractivity contribution in [1.29, 1.82) is 0 Å². The third kappa shape index (κ3) is 3.70. The predicted octanol–water partition coefficient (Wildman–Crippen LogP) is 4.46. The van der Waals surface area contributed by atoms with E-state index in [4.69, 9.17) is 11.6 Å². The molecule has 0 aromatic heterocycles. The number of hydrogen-bond donors (Lipinski definition) is 2. The maximum absolute atomic E-state index is 12.3. The van der Waals surface area contributed by atoms with E-state index in [1.807, 2.05) is 0 Å². The summed E-state index contributed by atoms with van der Waals surface area (Å²) in [5.41, 5.74) is 2.09. The Labute approximate surface area is 179 Å². The lowest BCUT2D eigenvalue weighted by Gasteiger charge is -2.34. The van der Waals surface area contributed by atoms with Gasteiger partial charge in [-0.05, 0) is 54.9 Å². The zero-order valence-electron chi connectivity index (χ0n) is 16.8. The summed E-state index contributed by atoms with van der Waals surface area (Å²) in [7, 11) is 0. The van der Waals surface area contributed by atoms with Crippen molar-refractivity contribution in [2.24, 2.45) is 27.0 Å². The summed E-state index contributed by atoms with van der Waals surface area (Å²) in [4.78, 5) is 24.5. The molecule has 2 N–H and O–H groups in total. The largest absolute Gasteiger partial charge is 0.326 e. The van der Waals surface area contributed by atoms with E-state index in [1.54, 1.807) is 24.3 Å². The second kappa shape index (κ2) is 7.43. The van der Waals surface area contributed by atoms with Crippen LogP contribution in [0.5, 0.6) is 0 Å². The van der Waals surface area contributed by atoms with Crippen molar-refractivity contribution in [2.45, 2.75) is 51.7 Å². The Morgan fingerprint density at radius 3 is 2.62 bits per heavy atom. The van der Waals surface area contributed by atoms with Crippen LogP contribution >= 0.6 is 23.4 Å². The molecule has 3 aliphatic rings. The number of nitrogens with zero attached hydrogens (tertiary/aromatic N) is 2. The molecule has 154 valence electrons. The first-order chi connectivity index (χ1) is 13.7. The molecular weight excluding hydrogens is 408 g/mol. The number of carbonyl (C=O) groups excluding carboxylic acids is 2. The molecule has 2 amide bonds. The lowest BCUT2D eigenvalue weighted by atomic mass is 9.70. The van der Waals surface area contributed by atoms with Gasteiger partial charge >= 0.3 is 0 Å². The van der Waals surface area contributed by atoms with Gasteiger partial charge in [-0.15, -0.1) is 5.10 Å². The first kappa shape index (κ1) is 20.4. The van der Waals surface area contributed by atoms with E-state index in [2.05, 4.69) is 41.6 Å². The van der Waals surface area contributed by atoms with E-state index in [0.717, 1.165) is 18.6 Å². The minimum atomic E-state index is -0.506. The summed E-state index contributed by atoms with van der Waals surface area (Å²) in [5.74, 6) is 0.219. The lowest BCUT2D eigenvalue weighted by Crippen LogP contribution is -2.32. The Balaban J connectivity index is 1.38. The van der Waals surface area contributed by atoms with Crippen LogP contribution in [0.2, 0.25) is 5.02 Å². The van der Waals surface area contributed by atoms with E-state index >= 15 is 0 Å². The Morgan fingerprint density at radius 2 is 2.00 bits per heavy atom. The van der Waals surface area contributed by atoms with Crippen LogP contribution in [0, 0.1) is 16.7 Å². The topological polar surface area (TPSA) is 82.9 Å². The van der Waals surface area contributed by atoms with Crippen LogP contribution in [0.1, 0.15) is 46.5 Å². The van der Waals surface area contributed by atoms with Gasteiger partial charge in [0.25, 0.3) is 0 Å². The molecule has 6 nitrogen and oxygen atoms in total. The number of fused-ring (bicyclic) bond motifs is 2. The smallest absolute Gasteiger partial charge is 0.240 e.